The lowest BCUT2D eigenvalue weighted by Gasteiger charge is -2.13. The highest BCUT2D eigenvalue weighted by Crippen LogP contribution is 2.33. The summed E-state index contributed by atoms with van der Waals surface area (Å²) in [5.41, 5.74) is 2.48. The highest BCUT2D eigenvalue weighted by atomic mass is 35.5. The van der Waals surface area contributed by atoms with Crippen LogP contribution < -0.4 is 5.32 Å². The van der Waals surface area contributed by atoms with Gasteiger partial charge < -0.3 is 5.32 Å². The van der Waals surface area contributed by atoms with Crippen molar-refractivity contribution in [3.05, 3.63) is 39.6 Å². The average Bonchev–Trinajstić information content (AvgIpc) is 2.69. The predicted molar refractivity (Wildman–Crippen MR) is 93.1 cm³/mol. The molecule has 0 aliphatic rings. The molecular weight excluding hydrogens is 341 g/mol. The number of aryl methyl sites for hydroxylation is 2. The SMILES string of the molecule is Cc1nn(C)c(C)c1NC(=O)[C@H](C)Sc1cc(Cl)ccc1Cl. The smallest absolute Gasteiger partial charge is 0.237 e. The Bertz CT molecular complexity index is 715. The van der Waals surface area contributed by atoms with Crippen LogP contribution in [0, 0.1) is 13.8 Å². The molecule has 118 valence electrons. The van der Waals surface area contributed by atoms with Gasteiger partial charge in [-0.15, -0.1) is 11.8 Å². The summed E-state index contributed by atoms with van der Waals surface area (Å²) in [7, 11) is 1.85. The molecule has 2 aromatic rings. The van der Waals surface area contributed by atoms with Gasteiger partial charge in [0.1, 0.15) is 0 Å². The normalized spacial score (nSPS) is 12.3. The maximum atomic E-state index is 12.4. The Kier molecular flexibility index (Phi) is 5.42. The number of anilines is 1. The van der Waals surface area contributed by atoms with Gasteiger partial charge in [-0.3, -0.25) is 9.48 Å². The fraction of sp³-hybridized carbons (Fsp3) is 0.333. The molecule has 1 amide bonds. The van der Waals surface area contributed by atoms with Crippen molar-refractivity contribution in [3.8, 4) is 0 Å². The number of carbonyl (C=O) groups is 1. The van der Waals surface area contributed by atoms with E-state index in [4.69, 9.17) is 23.2 Å². The Labute approximate surface area is 144 Å². The van der Waals surface area contributed by atoms with Crippen LogP contribution in [-0.4, -0.2) is 20.9 Å². The predicted octanol–water partition coefficient (Wildman–Crippen LogP) is 4.46. The molecule has 0 spiro atoms. The summed E-state index contributed by atoms with van der Waals surface area (Å²) in [6, 6.07) is 5.21. The van der Waals surface area contributed by atoms with Gasteiger partial charge in [0.25, 0.3) is 0 Å². The molecule has 1 N–H and O–H groups in total. The Hall–Kier alpha value is -1.17. The minimum atomic E-state index is -0.310. The molecule has 0 saturated carbocycles. The molecule has 0 aliphatic carbocycles. The number of thioether (sulfide) groups is 1. The van der Waals surface area contributed by atoms with E-state index in [0.717, 1.165) is 22.0 Å². The van der Waals surface area contributed by atoms with E-state index in [2.05, 4.69) is 10.4 Å². The van der Waals surface area contributed by atoms with Crippen molar-refractivity contribution >= 4 is 46.6 Å². The van der Waals surface area contributed by atoms with E-state index in [9.17, 15) is 4.79 Å². The highest BCUT2D eigenvalue weighted by molar-refractivity contribution is 8.00. The van der Waals surface area contributed by atoms with Crippen LogP contribution in [0.1, 0.15) is 18.3 Å². The third-order valence-electron chi connectivity index (χ3n) is 3.32. The van der Waals surface area contributed by atoms with Crippen molar-refractivity contribution in [1.82, 2.24) is 9.78 Å². The Morgan fingerprint density at radius 1 is 1.36 bits per heavy atom. The molecule has 1 heterocycles. The first-order valence-corrected chi connectivity index (χ1v) is 8.36. The van der Waals surface area contributed by atoms with Crippen molar-refractivity contribution in [3.63, 3.8) is 0 Å². The topological polar surface area (TPSA) is 46.9 Å². The van der Waals surface area contributed by atoms with Crippen LogP contribution in [0.5, 0.6) is 0 Å². The monoisotopic (exact) mass is 357 g/mol. The van der Waals surface area contributed by atoms with Gasteiger partial charge in [0, 0.05) is 17.0 Å². The minimum absolute atomic E-state index is 0.0970. The van der Waals surface area contributed by atoms with Crippen LogP contribution in [0.2, 0.25) is 10.0 Å². The number of rotatable bonds is 4. The van der Waals surface area contributed by atoms with Gasteiger partial charge in [-0.05, 0) is 39.0 Å². The number of hydrogen-bond donors (Lipinski definition) is 1. The summed E-state index contributed by atoms with van der Waals surface area (Å²) < 4.78 is 1.75. The molecule has 0 saturated heterocycles. The maximum Gasteiger partial charge on any atom is 0.237 e. The number of amides is 1. The van der Waals surface area contributed by atoms with Gasteiger partial charge in [-0.2, -0.15) is 5.10 Å². The van der Waals surface area contributed by atoms with Gasteiger partial charge >= 0.3 is 0 Å². The first-order chi connectivity index (χ1) is 10.3. The molecule has 1 aromatic heterocycles. The molecule has 22 heavy (non-hydrogen) atoms. The van der Waals surface area contributed by atoms with Crippen LogP contribution in [-0.2, 0) is 11.8 Å². The number of nitrogens with zero attached hydrogens (tertiary/aromatic N) is 2. The second-order valence-electron chi connectivity index (χ2n) is 4.99. The zero-order valence-corrected chi connectivity index (χ0v) is 15.1. The van der Waals surface area contributed by atoms with Crippen LogP contribution in [0.3, 0.4) is 0 Å². The zero-order valence-electron chi connectivity index (χ0n) is 12.8. The fourth-order valence-corrected chi connectivity index (χ4v) is 3.40. The molecule has 2 rings (SSSR count). The summed E-state index contributed by atoms with van der Waals surface area (Å²) in [6.45, 7) is 5.62. The molecular formula is C15H17Cl2N3OS. The van der Waals surface area contributed by atoms with Gasteiger partial charge in [0.05, 0.1) is 27.3 Å². The third kappa shape index (κ3) is 3.77. The van der Waals surface area contributed by atoms with Crippen molar-refractivity contribution < 1.29 is 4.79 Å². The summed E-state index contributed by atoms with van der Waals surface area (Å²) in [5, 5.41) is 8.10. The first-order valence-electron chi connectivity index (χ1n) is 6.72. The second kappa shape index (κ2) is 6.94. The zero-order chi connectivity index (χ0) is 16.4. The maximum absolute atomic E-state index is 12.4. The molecule has 1 aromatic carbocycles. The van der Waals surface area contributed by atoms with E-state index >= 15 is 0 Å². The van der Waals surface area contributed by atoms with E-state index < -0.39 is 0 Å². The third-order valence-corrected chi connectivity index (χ3v) is 5.16. The number of carbonyl (C=O) groups excluding carboxylic acids is 1. The van der Waals surface area contributed by atoms with Crippen LogP contribution in [0.25, 0.3) is 0 Å². The lowest BCUT2D eigenvalue weighted by atomic mass is 10.3. The number of benzene rings is 1. The standard InChI is InChI=1S/C15H17Cl2N3OS/c1-8-14(9(2)20(4)19-8)18-15(21)10(3)22-13-7-11(16)5-6-12(13)17/h5-7,10H,1-4H3,(H,18,21)/t10-/m0/s1. The number of nitrogens with one attached hydrogen (secondary N) is 1. The quantitative estimate of drug-likeness (QED) is 0.821. The summed E-state index contributed by atoms with van der Waals surface area (Å²) in [6.07, 6.45) is 0. The van der Waals surface area contributed by atoms with Crippen LogP contribution in [0.4, 0.5) is 5.69 Å². The van der Waals surface area contributed by atoms with E-state index in [1.54, 1.807) is 22.9 Å². The van der Waals surface area contributed by atoms with E-state index in [1.165, 1.54) is 11.8 Å². The number of hydrogen-bond acceptors (Lipinski definition) is 3. The van der Waals surface area contributed by atoms with Gasteiger partial charge in [0.15, 0.2) is 0 Å². The Morgan fingerprint density at radius 3 is 2.64 bits per heavy atom. The van der Waals surface area contributed by atoms with Gasteiger partial charge in [-0.25, -0.2) is 0 Å². The van der Waals surface area contributed by atoms with Crippen molar-refractivity contribution in [1.29, 1.82) is 0 Å². The second-order valence-corrected chi connectivity index (χ2v) is 7.22. The van der Waals surface area contributed by atoms with E-state index in [-0.39, 0.29) is 11.2 Å². The van der Waals surface area contributed by atoms with E-state index in [1.807, 2.05) is 27.8 Å². The minimum Gasteiger partial charge on any atom is -0.322 e. The first kappa shape index (κ1) is 17.2. The lowest BCUT2D eigenvalue weighted by Crippen LogP contribution is -2.23. The summed E-state index contributed by atoms with van der Waals surface area (Å²) in [4.78, 5) is 13.2. The van der Waals surface area contributed by atoms with Gasteiger partial charge in [-0.1, -0.05) is 23.2 Å². The average molecular weight is 358 g/mol. The molecule has 1 atom stereocenters. The molecule has 0 unspecified atom stereocenters. The highest BCUT2D eigenvalue weighted by Gasteiger charge is 2.19. The Balaban J connectivity index is 2.11. The van der Waals surface area contributed by atoms with Crippen molar-refractivity contribution in [2.75, 3.05) is 5.32 Å². The van der Waals surface area contributed by atoms with Crippen LogP contribution >= 0.6 is 35.0 Å². The Morgan fingerprint density at radius 2 is 2.05 bits per heavy atom. The van der Waals surface area contributed by atoms with Crippen molar-refractivity contribution in [2.45, 2.75) is 30.9 Å². The molecule has 0 aliphatic heterocycles. The lowest BCUT2D eigenvalue weighted by molar-refractivity contribution is -0.115. The molecule has 0 fully saturated rings. The summed E-state index contributed by atoms with van der Waals surface area (Å²) >= 11 is 13.5. The summed E-state index contributed by atoms with van der Waals surface area (Å²) in [5.74, 6) is -0.0970. The number of aromatic nitrogens is 2. The fourth-order valence-electron chi connectivity index (χ4n) is 1.99. The largest absolute Gasteiger partial charge is 0.322 e. The molecule has 0 radical (unpaired) electrons. The van der Waals surface area contributed by atoms with Gasteiger partial charge in [0.2, 0.25) is 5.91 Å². The van der Waals surface area contributed by atoms with Crippen molar-refractivity contribution in [2.24, 2.45) is 7.05 Å². The van der Waals surface area contributed by atoms with E-state index in [0.29, 0.717) is 10.0 Å². The molecule has 4 nitrogen and oxygen atoms in total. The van der Waals surface area contributed by atoms with Crippen LogP contribution in [0.15, 0.2) is 23.1 Å². The molecule has 0 bridgehead atoms. The number of halogens is 2. The molecule has 7 heteroatoms.